The smallest absolute Gasteiger partial charge is 0.311 e. The monoisotopic (exact) mass is 266 g/mol. The number of nitrogens with zero attached hydrogens (tertiary/aromatic N) is 2. The number of nitro benzene ring substituents is 1. The van der Waals surface area contributed by atoms with Crippen LogP contribution in [0, 0.1) is 10.1 Å². The maximum Gasteiger partial charge on any atom is 0.311 e. The molecule has 0 aromatic heterocycles. The number of likely N-dealkylation sites (tertiary alicyclic amines) is 1. The Hall–Kier alpha value is -2.15. The number of aliphatic hydroxyl groups is 1. The summed E-state index contributed by atoms with van der Waals surface area (Å²) in [5.41, 5.74) is -0.351. The van der Waals surface area contributed by atoms with Crippen molar-refractivity contribution in [2.24, 2.45) is 0 Å². The van der Waals surface area contributed by atoms with E-state index in [-0.39, 0.29) is 24.1 Å². The van der Waals surface area contributed by atoms with Crippen molar-refractivity contribution in [3.05, 3.63) is 33.9 Å². The molecule has 0 unspecified atom stereocenters. The van der Waals surface area contributed by atoms with Crippen LogP contribution in [0.25, 0.3) is 0 Å². The lowest BCUT2D eigenvalue weighted by Gasteiger charge is -2.22. The van der Waals surface area contributed by atoms with Crippen LogP contribution in [-0.4, -0.2) is 45.1 Å². The van der Waals surface area contributed by atoms with E-state index in [0.717, 1.165) is 25.0 Å². The van der Waals surface area contributed by atoms with Crippen LogP contribution in [0.1, 0.15) is 23.2 Å². The van der Waals surface area contributed by atoms with Crippen molar-refractivity contribution in [3.63, 3.8) is 0 Å². The summed E-state index contributed by atoms with van der Waals surface area (Å²) in [6.07, 6.45) is 1.53. The lowest BCUT2D eigenvalue weighted by Crippen LogP contribution is -2.37. The van der Waals surface area contributed by atoms with Gasteiger partial charge in [-0.15, -0.1) is 0 Å². The third-order valence-electron chi connectivity index (χ3n) is 3.27. The van der Waals surface area contributed by atoms with Gasteiger partial charge in [-0.25, -0.2) is 0 Å². The fourth-order valence-corrected chi connectivity index (χ4v) is 2.26. The van der Waals surface area contributed by atoms with E-state index >= 15 is 0 Å². The molecule has 1 atom stereocenters. The van der Waals surface area contributed by atoms with Gasteiger partial charge in [0.05, 0.1) is 17.6 Å². The summed E-state index contributed by atoms with van der Waals surface area (Å²) >= 11 is 0. The summed E-state index contributed by atoms with van der Waals surface area (Å²) in [6.45, 7) is 0.407. The highest BCUT2D eigenvalue weighted by Gasteiger charge is 2.29. The highest BCUT2D eigenvalue weighted by molar-refractivity contribution is 5.95. The van der Waals surface area contributed by atoms with Gasteiger partial charge < -0.3 is 15.1 Å². The minimum atomic E-state index is -0.736. The first kappa shape index (κ1) is 13.3. The summed E-state index contributed by atoms with van der Waals surface area (Å²) in [5.74, 6) is -0.832. The molecule has 1 aromatic carbocycles. The minimum absolute atomic E-state index is 0.119. The lowest BCUT2D eigenvalue weighted by molar-refractivity contribution is -0.385. The maximum absolute atomic E-state index is 12.2. The molecule has 102 valence electrons. The Bertz CT molecular complexity index is 517. The normalized spacial score (nSPS) is 18.6. The van der Waals surface area contributed by atoms with Gasteiger partial charge in [-0.1, -0.05) is 0 Å². The van der Waals surface area contributed by atoms with E-state index in [0.29, 0.717) is 6.54 Å². The van der Waals surface area contributed by atoms with Gasteiger partial charge in [0, 0.05) is 18.2 Å². The van der Waals surface area contributed by atoms with Crippen molar-refractivity contribution >= 4 is 11.6 Å². The van der Waals surface area contributed by atoms with Crippen molar-refractivity contribution in [2.75, 3.05) is 13.2 Å². The predicted octanol–water partition coefficient (Wildman–Crippen LogP) is 0.897. The number of carbonyl (C=O) groups excluding carboxylic acids is 1. The Kier molecular flexibility index (Phi) is 3.66. The fourth-order valence-electron chi connectivity index (χ4n) is 2.26. The number of carbonyl (C=O) groups is 1. The molecule has 0 aliphatic carbocycles. The molecule has 1 fully saturated rings. The molecular weight excluding hydrogens is 252 g/mol. The van der Waals surface area contributed by atoms with Gasteiger partial charge in [0.15, 0.2) is 5.75 Å². The topological polar surface area (TPSA) is 104 Å². The number of hydrogen-bond donors (Lipinski definition) is 2. The molecule has 1 heterocycles. The highest BCUT2D eigenvalue weighted by atomic mass is 16.6. The molecule has 2 rings (SSSR count). The molecule has 1 saturated heterocycles. The van der Waals surface area contributed by atoms with Gasteiger partial charge in [0.1, 0.15) is 0 Å². The summed E-state index contributed by atoms with van der Waals surface area (Å²) in [5, 5.41) is 29.2. The van der Waals surface area contributed by atoms with E-state index in [1.165, 1.54) is 11.0 Å². The molecule has 1 aromatic rings. The molecule has 1 amide bonds. The number of nitro groups is 1. The average molecular weight is 266 g/mol. The quantitative estimate of drug-likeness (QED) is 0.624. The van der Waals surface area contributed by atoms with Crippen LogP contribution < -0.4 is 0 Å². The maximum atomic E-state index is 12.2. The van der Waals surface area contributed by atoms with Gasteiger partial charge in [0.25, 0.3) is 5.91 Å². The molecule has 0 bridgehead atoms. The van der Waals surface area contributed by atoms with Gasteiger partial charge in [-0.3, -0.25) is 14.9 Å². The molecule has 2 N–H and O–H groups in total. The van der Waals surface area contributed by atoms with E-state index in [2.05, 4.69) is 0 Å². The molecule has 19 heavy (non-hydrogen) atoms. The third-order valence-corrected chi connectivity index (χ3v) is 3.27. The Morgan fingerprint density at radius 2 is 2.26 bits per heavy atom. The van der Waals surface area contributed by atoms with Crippen molar-refractivity contribution in [3.8, 4) is 5.75 Å². The van der Waals surface area contributed by atoms with Gasteiger partial charge in [-0.05, 0) is 25.0 Å². The van der Waals surface area contributed by atoms with Gasteiger partial charge >= 0.3 is 5.69 Å². The van der Waals surface area contributed by atoms with Crippen LogP contribution in [0.5, 0.6) is 5.75 Å². The molecule has 7 heteroatoms. The summed E-state index contributed by atoms with van der Waals surface area (Å²) in [4.78, 5) is 23.7. The van der Waals surface area contributed by atoms with E-state index in [9.17, 15) is 25.1 Å². The molecule has 0 saturated carbocycles. The fraction of sp³-hybridized carbons (Fsp3) is 0.417. The number of amides is 1. The molecule has 7 nitrogen and oxygen atoms in total. The zero-order valence-corrected chi connectivity index (χ0v) is 10.2. The second kappa shape index (κ2) is 5.23. The van der Waals surface area contributed by atoms with Crippen LogP contribution in [0.15, 0.2) is 18.2 Å². The lowest BCUT2D eigenvalue weighted by atomic mass is 10.1. The number of phenols is 1. The number of phenolic OH excluding ortho intramolecular Hbond substituents is 1. The first-order chi connectivity index (χ1) is 9.04. The van der Waals surface area contributed by atoms with Crippen LogP contribution in [0.4, 0.5) is 5.69 Å². The van der Waals surface area contributed by atoms with E-state index in [1.54, 1.807) is 0 Å². The van der Waals surface area contributed by atoms with Crippen molar-refractivity contribution in [2.45, 2.75) is 18.9 Å². The largest absolute Gasteiger partial charge is 0.502 e. The van der Waals surface area contributed by atoms with E-state index < -0.39 is 16.4 Å². The second-order valence-electron chi connectivity index (χ2n) is 4.44. The molecule has 1 aliphatic heterocycles. The number of aliphatic hydroxyl groups excluding tert-OH is 1. The first-order valence-electron chi connectivity index (χ1n) is 5.94. The van der Waals surface area contributed by atoms with E-state index in [1.807, 2.05) is 0 Å². The number of benzene rings is 1. The van der Waals surface area contributed by atoms with Gasteiger partial charge in [0.2, 0.25) is 0 Å². The predicted molar refractivity (Wildman–Crippen MR) is 65.9 cm³/mol. The first-order valence-corrected chi connectivity index (χ1v) is 5.94. The second-order valence-corrected chi connectivity index (χ2v) is 4.44. The van der Waals surface area contributed by atoms with Crippen molar-refractivity contribution < 1.29 is 19.9 Å². The zero-order chi connectivity index (χ0) is 14.0. The molecule has 0 spiro atoms. The summed E-state index contributed by atoms with van der Waals surface area (Å²) in [6, 6.07) is 3.30. The Morgan fingerprint density at radius 3 is 2.89 bits per heavy atom. The molecule has 0 radical (unpaired) electrons. The minimum Gasteiger partial charge on any atom is -0.502 e. The SMILES string of the molecule is O=C(c1ccc(O)c([N+](=O)[O-])c1)N1CCC[C@H]1CO. The third kappa shape index (κ3) is 2.50. The van der Waals surface area contributed by atoms with Crippen LogP contribution in [-0.2, 0) is 0 Å². The number of hydrogen-bond acceptors (Lipinski definition) is 5. The zero-order valence-electron chi connectivity index (χ0n) is 10.2. The number of rotatable bonds is 3. The Labute approximate surface area is 109 Å². The molecular formula is C12H14N2O5. The number of aromatic hydroxyl groups is 1. The van der Waals surface area contributed by atoms with Gasteiger partial charge in [-0.2, -0.15) is 0 Å². The van der Waals surface area contributed by atoms with Crippen LogP contribution in [0.2, 0.25) is 0 Å². The Morgan fingerprint density at radius 1 is 1.53 bits per heavy atom. The van der Waals surface area contributed by atoms with Crippen molar-refractivity contribution in [1.82, 2.24) is 4.90 Å². The molecule has 1 aliphatic rings. The van der Waals surface area contributed by atoms with E-state index in [4.69, 9.17) is 0 Å². The average Bonchev–Trinajstić information content (AvgIpc) is 2.86. The summed E-state index contributed by atoms with van der Waals surface area (Å²) in [7, 11) is 0. The summed E-state index contributed by atoms with van der Waals surface area (Å²) < 4.78 is 0. The van der Waals surface area contributed by atoms with Crippen LogP contribution in [0.3, 0.4) is 0 Å². The Balaban J connectivity index is 2.29. The van der Waals surface area contributed by atoms with Crippen molar-refractivity contribution in [1.29, 1.82) is 0 Å². The highest BCUT2D eigenvalue weighted by Crippen LogP contribution is 2.28. The standard InChI is InChI=1S/C12H14N2O5/c15-7-9-2-1-5-13(9)12(17)8-3-4-11(16)10(6-8)14(18)19/h3-4,6,9,15-16H,1-2,5,7H2/t9-/m0/s1. The van der Waals surface area contributed by atoms with Crippen LogP contribution >= 0.6 is 0 Å².